The van der Waals surface area contributed by atoms with Gasteiger partial charge in [-0.15, -0.1) is 0 Å². The molecule has 1 N–H and O–H groups in total. The van der Waals surface area contributed by atoms with Crippen molar-refractivity contribution < 1.29 is 4.74 Å². The molecule has 0 spiro atoms. The third-order valence-electron chi connectivity index (χ3n) is 4.48. The molecule has 4 rings (SSSR count). The quantitative estimate of drug-likeness (QED) is 0.706. The number of nitrogens with one attached hydrogen (secondary N) is 1. The number of hydrogen-bond acceptors (Lipinski definition) is 5. The normalized spacial score (nSPS) is 15.1. The first-order valence-corrected chi connectivity index (χ1v) is 9.90. The van der Waals surface area contributed by atoms with E-state index in [4.69, 9.17) is 10.00 Å². The van der Waals surface area contributed by atoms with Crippen LogP contribution in [0.5, 0.6) is 5.75 Å². The van der Waals surface area contributed by atoms with Gasteiger partial charge in [0.05, 0.1) is 31.0 Å². The van der Waals surface area contributed by atoms with Gasteiger partial charge in [0.2, 0.25) is 0 Å². The van der Waals surface area contributed by atoms with Gasteiger partial charge in [0.25, 0.3) is 0 Å². The number of nitriles is 1. The molecular formula is C21H19N5OS. The van der Waals surface area contributed by atoms with E-state index in [0.717, 1.165) is 44.5 Å². The van der Waals surface area contributed by atoms with Crippen molar-refractivity contribution in [2.24, 2.45) is 10.1 Å². The Labute approximate surface area is 167 Å². The van der Waals surface area contributed by atoms with Crippen molar-refractivity contribution in [1.82, 2.24) is 9.99 Å². The lowest BCUT2D eigenvalue weighted by atomic mass is 10.1. The van der Waals surface area contributed by atoms with Gasteiger partial charge in [0.15, 0.2) is 5.17 Å². The van der Waals surface area contributed by atoms with E-state index in [0.29, 0.717) is 13.0 Å². The van der Waals surface area contributed by atoms with Crippen molar-refractivity contribution in [3.8, 4) is 11.8 Å². The fraction of sp³-hybridized carbons (Fsp3) is 0.190. The number of benzene rings is 2. The lowest BCUT2D eigenvalue weighted by molar-refractivity contribution is 0.415. The maximum Gasteiger partial charge on any atom is 0.182 e. The van der Waals surface area contributed by atoms with Gasteiger partial charge in [0, 0.05) is 41.0 Å². The van der Waals surface area contributed by atoms with Crippen molar-refractivity contribution in [2.45, 2.75) is 13.0 Å². The minimum absolute atomic E-state index is 0.481. The number of fused-ring (bicyclic) bond motifs is 1. The Balaban J connectivity index is 1.60. The van der Waals surface area contributed by atoms with Crippen LogP contribution in [0.25, 0.3) is 10.9 Å². The minimum Gasteiger partial charge on any atom is -0.497 e. The monoisotopic (exact) mass is 389 g/mol. The number of thioether (sulfide) groups is 1. The zero-order chi connectivity index (χ0) is 19.3. The average molecular weight is 389 g/mol. The number of amidine groups is 1. The molecule has 0 fully saturated rings. The zero-order valence-electron chi connectivity index (χ0n) is 15.4. The highest BCUT2D eigenvalue weighted by molar-refractivity contribution is 8.14. The first-order chi connectivity index (χ1) is 13.8. The molecule has 1 aliphatic rings. The molecule has 1 aliphatic heterocycles. The highest BCUT2D eigenvalue weighted by Crippen LogP contribution is 2.26. The number of methoxy groups -OCH3 is 1. The Hall–Kier alpha value is -3.24. The van der Waals surface area contributed by atoms with Gasteiger partial charge in [-0.25, -0.2) is 4.99 Å². The highest BCUT2D eigenvalue weighted by atomic mass is 32.2. The molecule has 140 valence electrons. The predicted molar refractivity (Wildman–Crippen MR) is 114 cm³/mol. The molecule has 28 heavy (non-hydrogen) atoms. The van der Waals surface area contributed by atoms with Crippen LogP contribution >= 0.6 is 11.8 Å². The molecule has 0 amide bonds. The van der Waals surface area contributed by atoms with Crippen LogP contribution in [0.4, 0.5) is 5.69 Å². The molecule has 0 aliphatic carbocycles. The van der Waals surface area contributed by atoms with E-state index in [2.05, 4.69) is 44.5 Å². The van der Waals surface area contributed by atoms with Crippen LogP contribution in [-0.4, -0.2) is 28.3 Å². The summed E-state index contributed by atoms with van der Waals surface area (Å²) in [4.78, 5) is 4.60. The second-order valence-electron chi connectivity index (χ2n) is 6.24. The largest absolute Gasteiger partial charge is 0.497 e. The SMILES string of the molecule is COc1cccc(N=C2NN=C(c3cn(CCC#N)c4ccccc34)CS2)c1. The summed E-state index contributed by atoms with van der Waals surface area (Å²) in [5.74, 6) is 1.50. The minimum atomic E-state index is 0.481. The number of ether oxygens (including phenoxy) is 1. The van der Waals surface area contributed by atoms with Crippen LogP contribution in [-0.2, 0) is 6.54 Å². The van der Waals surface area contributed by atoms with Gasteiger partial charge >= 0.3 is 0 Å². The Kier molecular flexibility index (Phi) is 5.31. The topological polar surface area (TPSA) is 74.7 Å². The van der Waals surface area contributed by atoms with Gasteiger partial charge in [-0.1, -0.05) is 36.0 Å². The van der Waals surface area contributed by atoms with E-state index in [1.54, 1.807) is 18.9 Å². The van der Waals surface area contributed by atoms with Crippen LogP contribution in [0.15, 0.2) is 64.8 Å². The fourth-order valence-corrected chi connectivity index (χ4v) is 3.91. The fourth-order valence-electron chi connectivity index (χ4n) is 3.14. The molecule has 2 heterocycles. The third kappa shape index (κ3) is 3.73. The number of nitrogens with zero attached hydrogens (tertiary/aromatic N) is 4. The summed E-state index contributed by atoms with van der Waals surface area (Å²) in [7, 11) is 1.64. The van der Waals surface area contributed by atoms with Crippen molar-refractivity contribution >= 4 is 39.2 Å². The lowest BCUT2D eigenvalue weighted by Crippen LogP contribution is -2.25. The second-order valence-corrected chi connectivity index (χ2v) is 7.20. The number of aromatic nitrogens is 1. The number of para-hydroxylation sites is 1. The average Bonchev–Trinajstić information content (AvgIpc) is 3.12. The zero-order valence-corrected chi connectivity index (χ0v) is 16.2. The lowest BCUT2D eigenvalue weighted by Gasteiger charge is -2.14. The molecule has 6 nitrogen and oxygen atoms in total. The van der Waals surface area contributed by atoms with Crippen molar-refractivity contribution in [1.29, 1.82) is 5.26 Å². The van der Waals surface area contributed by atoms with Gasteiger partial charge in [-0.3, -0.25) is 5.43 Å². The molecule has 3 aromatic rings. The van der Waals surface area contributed by atoms with Crippen molar-refractivity contribution in [2.75, 3.05) is 12.9 Å². The molecular weight excluding hydrogens is 370 g/mol. The molecule has 2 aromatic carbocycles. The summed E-state index contributed by atoms with van der Waals surface area (Å²) >= 11 is 1.62. The van der Waals surface area contributed by atoms with Crippen LogP contribution in [0.2, 0.25) is 0 Å². The van der Waals surface area contributed by atoms with Crippen molar-refractivity contribution in [3.05, 3.63) is 60.3 Å². The summed E-state index contributed by atoms with van der Waals surface area (Å²) in [6.45, 7) is 0.674. The molecule has 7 heteroatoms. The summed E-state index contributed by atoms with van der Waals surface area (Å²) in [5, 5.41) is 15.4. The van der Waals surface area contributed by atoms with E-state index in [1.165, 1.54) is 0 Å². The molecule has 0 atom stereocenters. The number of rotatable bonds is 5. The maximum absolute atomic E-state index is 8.92. The number of hydrogen-bond donors (Lipinski definition) is 1. The van der Waals surface area contributed by atoms with E-state index >= 15 is 0 Å². The van der Waals surface area contributed by atoms with E-state index in [9.17, 15) is 0 Å². The maximum atomic E-state index is 8.92. The summed E-state index contributed by atoms with van der Waals surface area (Å²) < 4.78 is 7.37. The Bertz CT molecular complexity index is 1110. The molecule has 0 saturated carbocycles. The molecule has 0 unspecified atom stereocenters. The van der Waals surface area contributed by atoms with Gasteiger partial charge in [-0.2, -0.15) is 10.4 Å². The second kappa shape index (κ2) is 8.19. The van der Waals surface area contributed by atoms with Gasteiger partial charge < -0.3 is 9.30 Å². The van der Waals surface area contributed by atoms with E-state index in [1.807, 2.05) is 36.4 Å². The summed E-state index contributed by atoms with van der Waals surface area (Å²) in [6.07, 6.45) is 2.57. The summed E-state index contributed by atoms with van der Waals surface area (Å²) in [5.41, 5.74) is 7.08. The molecule has 0 radical (unpaired) electrons. The highest BCUT2D eigenvalue weighted by Gasteiger charge is 2.18. The van der Waals surface area contributed by atoms with Gasteiger partial charge in [0.1, 0.15) is 5.75 Å². The number of aryl methyl sites for hydroxylation is 1. The van der Waals surface area contributed by atoms with Crippen LogP contribution < -0.4 is 10.2 Å². The van der Waals surface area contributed by atoms with Crippen molar-refractivity contribution in [3.63, 3.8) is 0 Å². The standard InChI is InChI=1S/C21H19N5OS/c1-27-16-7-4-6-15(12-16)23-21-25-24-19(14-28-21)18-13-26(11-5-10-22)20-9-3-2-8-17(18)20/h2-4,6-9,12-13H,5,11,14H2,1H3,(H,23,25). The smallest absolute Gasteiger partial charge is 0.182 e. The number of aliphatic imine (C=N–C) groups is 1. The molecule has 0 bridgehead atoms. The Morgan fingerprint density at radius 3 is 2.96 bits per heavy atom. The first kappa shape index (κ1) is 18.1. The Morgan fingerprint density at radius 1 is 1.29 bits per heavy atom. The van der Waals surface area contributed by atoms with Gasteiger partial charge in [-0.05, 0) is 18.2 Å². The molecule has 0 saturated heterocycles. The molecule has 1 aromatic heterocycles. The van der Waals surface area contributed by atoms with E-state index < -0.39 is 0 Å². The summed E-state index contributed by atoms with van der Waals surface area (Å²) in [6, 6.07) is 18.1. The Morgan fingerprint density at radius 2 is 2.18 bits per heavy atom. The number of hydrazone groups is 1. The predicted octanol–water partition coefficient (Wildman–Crippen LogP) is 4.29. The third-order valence-corrected chi connectivity index (χ3v) is 5.35. The van der Waals surface area contributed by atoms with Crippen LogP contribution in [0.1, 0.15) is 12.0 Å². The van der Waals surface area contributed by atoms with Crippen LogP contribution in [0, 0.1) is 11.3 Å². The van der Waals surface area contributed by atoms with E-state index in [-0.39, 0.29) is 0 Å². The first-order valence-electron chi connectivity index (χ1n) is 8.92. The van der Waals surface area contributed by atoms with Crippen LogP contribution in [0.3, 0.4) is 0 Å².